The fraction of sp³-hybridized carbons (Fsp3) is 0.353. The lowest BCUT2D eigenvalue weighted by molar-refractivity contribution is -0.147. The van der Waals surface area contributed by atoms with Crippen LogP contribution in [0.25, 0.3) is 0 Å². The number of esters is 1. The first kappa shape index (κ1) is 17.1. The predicted molar refractivity (Wildman–Crippen MR) is 91.8 cm³/mol. The van der Waals surface area contributed by atoms with Gasteiger partial charge in [-0.3, -0.25) is 19.1 Å². The first-order valence-corrected chi connectivity index (χ1v) is 8.86. The van der Waals surface area contributed by atoms with Crippen LogP contribution in [0.1, 0.15) is 12.6 Å². The monoisotopic (exact) mass is 376 g/mol. The molecule has 9 heteroatoms. The van der Waals surface area contributed by atoms with Crippen LogP contribution in [0, 0.1) is 0 Å². The molecule has 2 fully saturated rings. The number of benzene rings is 1. The van der Waals surface area contributed by atoms with Gasteiger partial charge in [0.1, 0.15) is 10.9 Å². The van der Waals surface area contributed by atoms with Crippen LogP contribution in [-0.4, -0.2) is 44.2 Å². The highest BCUT2D eigenvalue weighted by molar-refractivity contribution is 8.00. The Labute approximate surface area is 151 Å². The molecule has 0 unspecified atom stereocenters. The second kappa shape index (κ2) is 6.42. The summed E-state index contributed by atoms with van der Waals surface area (Å²) in [4.78, 5) is 38.9. The van der Waals surface area contributed by atoms with Crippen LogP contribution in [0.15, 0.2) is 57.1 Å². The summed E-state index contributed by atoms with van der Waals surface area (Å²) in [5.74, 6) is -0.414. The maximum Gasteiger partial charge on any atom is 0.330 e. The Morgan fingerprint density at radius 3 is 2.69 bits per heavy atom. The molecule has 0 radical (unpaired) electrons. The van der Waals surface area contributed by atoms with Gasteiger partial charge >= 0.3 is 11.7 Å². The molecular weight excluding hydrogens is 360 g/mol. The summed E-state index contributed by atoms with van der Waals surface area (Å²) in [6.45, 7) is -0.357. The molecule has 2 aliphatic heterocycles. The van der Waals surface area contributed by atoms with Crippen molar-refractivity contribution in [3.63, 3.8) is 0 Å². The van der Waals surface area contributed by atoms with Crippen molar-refractivity contribution < 1.29 is 19.4 Å². The maximum absolute atomic E-state index is 12.3. The van der Waals surface area contributed by atoms with Crippen LogP contribution < -0.4 is 11.2 Å². The topological polar surface area (TPSA) is 111 Å². The molecule has 2 aromatic rings. The van der Waals surface area contributed by atoms with Gasteiger partial charge in [0.25, 0.3) is 5.56 Å². The SMILES string of the molecule is O=C1C[C@]2(Sc3ccccc3)[C@H](O1)[C@@H](CO)O[C@H]2n1ccc(=O)[nH]c1=O. The number of aromatic amines is 1. The number of fused-ring (bicyclic) bond motifs is 1. The first-order valence-electron chi connectivity index (χ1n) is 8.05. The minimum atomic E-state index is -0.937. The number of carbonyl (C=O) groups excluding carboxylic acids is 1. The van der Waals surface area contributed by atoms with Gasteiger partial charge < -0.3 is 14.6 Å². The number of rotatable bonds is 4. The second-order valence-corrected chi connectivity index (χ2v) is 7.62. The molecule has 136 valence electrons. The van der Waals surface area contributed by atoms with E-state index in [0.717, 1.165) is 4.90 Å². The van der Waals surface area contributed by atoms with Crippen molar-refractivity contribution >= 4 is 17.7 Å². The fourth-order valence-electron chi connectivity index (χ4n) is 3.48. The fourth-order valence-corrected chi connectivity index (χ4v) is 4.99. The molecule has 0 spiro atoms. The lowest BCUT2D eigenvalue weighted by atomic mass is 9.97. The zero-order chi connectivity index (χ0) is 18.3. The Bertz CT molecular complexity index is 942. The quantitative estimate of drug-likeness (QED) is 0.737. The van der Waals surface area contributed by atoms with Crippen molar-refractivity contribution in [1.29, 1.82) is 0 Å². The van der Waals surface area contributed by atoms with E-state index < -0.39 is 40.4 Å². The lowest BCUT2D eigenvalue weighted by Crippen LogP contribution is -2.44. The van der Waals surface area contributed by atoms with Crippen molar-refractivity contribution in [1.82, 2.24) is 9.55 Å². The third kappa shape index (κ3) is 2.68. The van der Waals surface area contributed by atoms with Gasteiger partial charge in [0.15, 0.2) is 12.3 Å². The first-order chi connectivity index (χ1) is 12.5. The molecule has 0 bridgehead atoms. The number of aromatic nitrogens is 2. The normalized spacial score (nSPS) is 30.2. The van der Waals surface area contributed by atoms with Gasteiger partial charge in [-0.1, -0.05) is 18.2 Å². The third-order valence-corrected chi connectivity index (χ3v) is 6.02. The van der Waals surface area contributed by atoms with Crippen molar-refractivity contribution in [2.75, 3.05) is 6.61 Å². The zero-order valence-electron chi connectivity index (χ0n) is 13.5. The van der Waals surface area contributed by atoms with E-state index in [0.29, 0.717) is 0 Å². The van der Waals surface area contributed by atoms with E-state index >= 15 is 0 Å². The highest BCUT2D eigenvalue weighted by Crippen LogP contribution is 2.56. The van der Waals surface area contributed by atoms with Gasteiger partial charge in [-0.25, -0.2) is 4.79 Å². The van der Waals surface area contributed by atoms with Gasteiger partial charge in [-0.2, -0.15) is 0 Å². The van der Waals surface area contributed by atoms with E-state index in [4.69, 9.17) is 9.47 Å². The average molecular weight is 376 g/mol. The number of H-pyrrole nitrogens is 1. The van der Waals surface area contributed by atoms with Gasteiger partial charge in [-0.15, -0.1) is 11.8 Å². The molecule has 0 amide bonds. The minimum absolute atomic E-state index is 0.0178. The van der Waals surface area contributed by atoms with Crippen LogP contribution in [0.5, 0.6) is 0 Å². The number of carbonyl (C=O) groups is 1. The summed E-state index contributed by atoms with van der Waals surface area (Å²) >= 11 is 1.37. The Morgan fingerprint density at radius 2 is 2.00 bits per heavy atom. The van der Waals surface area contributed by atoms with Crippen LogP contribution >= 0.6 is 11.8 Å². The Balaban J connectivity index is 1.84. The number of nitrogens with zero attached hydrogens (tertiary/aromatic N) is 1. The second-order valence-electron chi connectivity index (χ2n) is 6.18. The molecule has 1 aromatic heterocycles. The summed E-state index contributed by atoms with van der Waals surface area (Å²) in [5, 5.41) is 9.69. The molecule has 0 saturated carbocycles. The molecule has 2 aliphatic rings. The van der Waals surface area contributed by atoms with E-state index in [1.54, 1.807) is 0 Å². The minimum Gasteiger partial charge on any atom is -0.458 e. The van der Waals surface area contributed by atoms with Crippen molar-refractivity contribution in [3.05, 3.63) is 63.4 Å². The molecule has 26 heavy (non-hydrogen) atoms. The summed E-state index contributed by atoms with van der Waals surface area (Å²) in [6, 6.07) is 10.6. The lowest BCUT2D eigenvalue weighted by Gasteiger charge is -2.31. The van der Waals surface area contributed by atoms with Gasteiger partial charge in [0.05, 0.1) is 13.0 Å². The van der Waals surface area contributed by atoms with Crippen molar-refractivity contribution in [3.8, 4) is 0 Å². The molecule has 8 nitrogen and oxygen atoms in total. The van der Waals surface area contributed by atoms with Crippen molar-refractivity contribution in [2.45, 2.75) is 34.5 Å². The number of nitrogens with one attached hydrogen (secondary N) is 1. The van der Waals surface area contributed by atoms with E-state index in [1.807, 2.05) is 30.3 Å². The van der Waals surface area contributed by atoms with E-state index in [2.05, 4.69) is 4.98 Å². The summed E-state index contributed by atoms with van der Waals surface area (Å²) < 4.78 is 11.7. The average Bonchev–Trinajstić information content (AvgIpc) is 3.08. The Hall–Kier alpha value is -2.36. The van der Waals surface area contributed by atoms with Crippen LogP contribution in [-0.2, 0) is 14.3 Å². The van der Waals surface area contributed by atoms with E-state index in [9.17, 15) is 19.5 Å². The van der Waals surface area contributed by atoms with Gasteiger partial charge in [0.2, 0.25) is 0 Å². The Kier molecular flexibility index (Phi) is 4.22. The van der Waals surface area contributed by atoms with E-state index in [1.165, 1.54) is 28.6 Å². The highest BCUT2D eigenvalue weighted by Gasteiger charge is 2.65. The molecule has 3 heterocycles. The number of thioether (sulfide) groups is 1. The standard InChI is InChI=1S/C17H16N2O6S/c20-9-11-14-17(8-13(22)25-14,26-10-4-2-1-3-5-10)15(24-11)19-7-6-12(21)18-16(19)23/h1-7,11,14-15,20H,8-9H2,(H,18,21,23)/t11-,14-,15-,17+/m1/s1. The molecule has 0 aliphatic carbocycles. The van der Waals surface area contributed by atoms with Crippen LogP contribution in [0.4, 0.5) is 0 Å². The number of hydrogen-bond acceptors (Lipinski definition) is 7. The molecule has 2 N–H and O–H groups in total. The maximum atomic E-state index is 12.3. The molecular formula is C17H16N2O6S. The number of aliphatic hydroxyl groups is 1. The predicted octanol–water partition coefficient (Wildman–Crippen LogP) is 0.273. The number of aliphatic hydroxyl groups excluding tert-OH is 1. The third-order valence-electron chi connectivity index (χ3n) is 4.55. The largest absolute Gasteiger partial charge is 0.458 e. The summed E-state index contributed by atoms with van der Waals surface area (Å²) in [7, 11) is 0. The molecule has 1 aromatic carbocycles. The molecule has 4 rings (SSSR count). The Morgan fingerprint density at radius 1 is 1.23 bits per heavy atom. The highest BCUT2D eigenvalue weighted by atomic mass is 32.2. The van der Waals surface area contributed by atoms with Crippen molar-refractivity contribution in [2.24, 2.45) is 0 Å². The van der Waals surface area contributed by atoms with Gasteiger partial charge in [0, 0.05) is 17.2 Å². The zero-order valence-corrected chi connectivity index (χ0v) is 14.3. The smallest absolute Gasteiger partial charge is 0.330 e. The molecule has 4 atom stereocenters. The molecule has 2 saturated heterocycles. The van der Waals surface area contributed by atoms with Crippen LogP contribution in [0.3, 0.4) is 0 Å². The summed E-state index contributed by atoms with van der Waals surface area (Å²) in [5.41, 5.74) is -1.17. The summed E-state index contributed by atoms with van der Waals surface area (Å²) in [6.07, 6.45) is -1.01. The van der Waals surface area contributed by atoms with Crippen LogP contribution in [0.2, 0.25) is 0 Å². The number of ether oxygens (including phenoxy) is 2. The number of hydrogen-bond donors (Lipinski definition) is 2. The van der Waals surface area contributed by atoms with E-state index in [-0.39, 0.29) is 13.0 Å². The van der Waals surface area contributed by atoms with Gasteiger partial charge in [-0.05, 0) is 12.1 Å².